The van der Waals surface area contributed by atoms with Crippen LogP contribution in [0.15, 0.2) is 23.0 Å². The summed E-state index contributed by atoms with van der Waals surface area (Å²) in [4.78, 5) is 24.9. The highest BCUT2D eigenvalue weighted by molar-refractivity contribution is 5.89. The number of methoxy groups -OCH3 is 2. The highest BCUT2D eigenvalue weighted by Crippen LogP contribution is 2.50. The van der Waals surface area contributed by atoms with Crippen molar-refractivity contribution in [2.75, 3.05) is 27.4 Å². The summed E-state index contributed by atoms with van der Waals surface area (Å²) in [6, 6.07) is 5.03. The van der Waals surface area contributed by atoms with Crippen LogP contribution in [0.3, 0.4) is 0 Å². The molecule has 166 valence electrons. The largest absolute Gasteiger partial charge is 0.493 e. The molecule has 1 fully saturated rings. The standard InChI is InChI=1S/C23H27NO7/c1-12(2)21-15-9-16(23(26)27)22(25)24(13-5-6-13)20(15)14-10-18(29-4)19(11-17(14)31-21)30-8-7-28-3/h9-13,21H,5-8H2,1-4H3,(H,26,27). The van der Waals surface area contributed by atoms with E-state index in [1.54, 1.807) is 30.9 Å². The number of ether oxygens (including phenoxy) is 4. The maximum Gasteiger partial charge on any atom is 0.341 e. The van der Waals surface area contributed by atoms with E-state index in [1.165, 1.54) is 6.07 Å². The summed E-state index contributed by atoms with van der Waals surface area (Å²) in [5.74, 6) is 0.432. The number of aromatic nitrogens is 1. The Hall–Kier alpha value is -3.00. The van der Waals surface area contributed by atoms with Crippen molar-refractivity contribution < 1.29 is 28.8 Å². The Morgan fingerprint density at radius 3 is 2.52 bits per heavy atom. The highest BCUT2D eigenvalue weighted by Gasteiger charge is 2.38. The van der Waals surface area contributed by atoms with Gasteiger partial charge in [-0.1, -0.05) is 13.8 Å². The van der Waals surface area contributed by atoms with Gasteiger partial charge in [-0.15, -0.1) is 0 Å². The Labute approximate surface area is 180 Å². The summed E-state index contributed by atoms with van der Waals surface area (Å²) in [6.45, 7) is 4.79. The summed E-state index contributed by atoms with van der Waals surface area (Å²) >= 11 is 0. The predicted molar refractivity (Wildman–Crippen MR) is 113 cm³/mol. The third kappa shape index (κ3) is 3.76. The molecule has 0 amide bonds. The SMILES string of the molecule is COCCOc1cc2c(cc1OC)-c1c(cc(C(=O)O)c(=O)n1C1CC1)C(C(C)C)O2. The summed E-state index contributed by atoms with van der Waals surface area (Å²) in [7, 11) is 3.15. The minimum absolute atomic E-state index is 0.0112. The van der Waals surface area contributed by atoms with Gasteiger partial charge in [0.15, 0.2) is 11.5 Å². The molecule has 0 spiro atoms. The summed E-state index contributed by atoms with van der Waals surface area (Å²) in [5.41, 5.74) is 1.41. The first kappa shape index (κ1) is 21.2. The lowest BCUT2D eigenvalue weighted by Crippen LogP contribution is -2.32. The van der Waals surface area contributed by atoms with Crippen LogP contribution in [0, 0.1) is 5.92 Å². The Morgan fingerprint density at radius 2 is 1.94 bits per heavy atom. The van der Waals surface area contributed by atoms with Gasteiger partial charge in [-0.25, -0.2) is 4.79 Å². The van der Waals surface area contributed by atoms with E-state index in [1.807, 2.05) is 13.8 Å². The molecular weight excluding hydrogens is 402 g/mol. The van der Waals surface area contributed by atoms with Crippen LogP contribution in [0.1, 0.15) is 54.8 Å². The van der Waals surface area contributed by atoms with Crippen molar-refractivity contribution in [2.45, 2.75) is 38.8 Å². The van der Waals surface area contributed by atoms with Crippen LogP contribution in [-0.2, 0) is 4.74 Å². The molecule has 1 unspecified atom stereocenters. The van der Waals surface area contributed by atoms with Crippen LogP contribution >= 0.6 is 0 Å². The molecule has 1 saturated carbocycles. The van der Waals surface area contributed by atoms with Crippen molar-refractivity contribution in [3.8, 4) is 28.5 Å². The average Bonchev–Trinajstić information content (AvgIpc) is 3.57. The maximum atomic E-state index is 13.1. The topological polar surface area (TPSA) is 96.2 Å². The highest BCUT2D eigenvalue weighted by atomic mass is 16.5. The van der Waals surface area contributed by atoms with Crippen LogP contribution in [0.4, 0.5) is 0 Å². The number of pyridine rings is 1. The van der Waals surface area contributed by atoms with Gasteiger partial charge in [-0.2, -0.15) is 0 Å². The first-order valence-electron chi connectivity index (χ1n) is 10.4. The first-order valence-corrected chi connectivity index (χ1v) is 10.4. The summed E-state index contributed by atoms with van der Waals surface area (Å²) < 4.78 is 24.4. The van der Waals surface area contributed by atoms with Gasteiger partial charge in [-0.05, 0) is 30.9 Å². The molecular formula is C23H27NO7. The molecule has 8 heteroatoms. The van der Waals surface area contributed by atoms with Gasteiger partial charge in [0.1, 0.15) is 24.0 Å². The van der Waals surface area contributed by atoms with E-state index >= 15 is 0 Å². The number of carbonyl (C=O) groups is 1. The second-order valence-corrected chi connectivity index (χ2v) is 8.20. The lowest BCUT2D eigenvalue weighted by molar-refractivity contribution is 0.0693. The lowest BCUT2D eigenvalue weighted by Gasteiger charge is -2.33. The van der Waals surface area contributed by atoms with Crippen molar-refractivity contribution in [3.05, 3.63) is 39.7 Å². The molecule has 8 nitrogen and oxygen atoms in total. The molecule has 1 aromatic carbocycles. The molecule has 0 saturated heterocycles. The van der Waals surface area contributed by atoms with Crippen molar-refractivity contribution >= 4 is 5.97 Å². The fraction of sp³-hybridized carbons (Fsp3) is 0.478. The Bertz CT molecular complexity index is 1070. The Balaban J connectivity index is 1.96. The zero-order valence-electron chi connectivity index (χ0n) is 18.1. The van der Waals surface area contributed by atoms with E-state index in [0.29, 0.717) is 47.3 Å². The number of carboxylic acids is 1. The molecule has 1 N–H and O–H groups in total. The molecule has 0 radical (unpaired) electrons. The third-order valence-electron chi connectivity index (χ3n) is 5.64. The fourth-order valence-electron chi connectivity index (χ4n) is 4.02. The second-order valence-electron chi connectivity index (χ2n) is 8.20. The third-order valence-corrected chi connectivity index (χ3v) is 5.64. The molecule has 2 aliphatic rings. The van der Waals surface area contributed by atoms with Crippen molar-refractivity contribution in [3.63, 3.8) is 0 Å². The zero-order valence-corrected chi connectivity index (χ0v) is 18.1. The van der Waals surface area contributed by atoms with E-state index in [9.17, 15) is 14.7 Å². The second kappa shape index (κ2) is 8.26. The smallest absolute Gasteiger partial charge is 0.341 e. The number of hydrogen-bond donors (Lipinski definition) is 1. The molecule has 1 atom stereocenters. The number of hydrogen-bond acceptors (Lipinski definition) is 6. The molecule has 2 aromatic rings. The van der Waals surface area contributed by atoms with Crippen LogP contribution in [0.5, 0.6) is 17.2 Å². The van der Waals surface area contributed by atoms with Crippen molar-refractivity contribution in [1.29, 1.82) is 0 Å². The predicted octanol–water partition coefficient (Wildman–Crippen LogP) is 3.67. The summed E-state index contributed by atoms with van der Waals surface area (Å²) in [5, 5.41) is 9.63. The number of nitrogens with zero attached hydrogens (tertiary/aromatic N) is 1. The van der Waals surface area contributed by atoms with Gasteiger partial charge in [0.25, 0.3) is 5.56 Å². The summed E-state index contributed by atoms with van der Waals surface area (Å²) in [6.07, 6.45) is 1.28. The monoisotopic (exact) mass is 429 g/mol. The van der Waals surface area contributed by atoms with Crippen LogP contribution in [-0.4, -0.2) is 43.1 Å². The minimum atomic E-state index is -1.23. The van der Waals surface area contributed by atoms with Crippen molar-refractivity contribution in [1.82, 2.24) is 4.57 Å². The quantitative estimate of drug-likeness (QED) is 0.640. The van der Waals surface area contributed by atoms with E-state index in [0.717, 1.165) is 12.8 Å². The molecule has 1 aliphatic carbocycles. The number of rotatable bonds is 8. The normalized spacial score (nSPS) is 17.0. The maximum absolute atomic E-state index is 13.1. The molecule has 1 aliphatic heterocycles. The van der Waals surface area contributed by atoms with Gasteiger partial charge < -0.3 is 28.6 Å². The molecule has 4 rings (SSSR count). The van der Waals surface area contributed by atoms with Crippen LogP contribution in [0.25, 0.3) is 11.3 Å². The molecule has 2 heterocycles. The number of fused-ring (bicyclic) bond motifs is 3. The molecule has 1 aromatic heterocycles. The van der Waals surface area contributed by atoms with E-state index in [4.69, 9.17) is 18.9 Å². The number of benzene rings is 1. The number of carboxylic acid groups (broad SMARTS) is 1. The average molecular weight is 429 g/mol. The van der Waals surface area contributed by atoms with Gasteiger partial charge in [0, 0.05) is 30.3 Å². The van der Waals surface area contributed by atoms with Gasteiger partial charge in [0.05, 0.1) is 19.4 Å². The Kier molecular flexibility index (Phi) is 5.66. The fourth-order valence-corrected chi connectivity index (χ4v) is 4.02. The first-order chi connectivity index (χ1) is 14.9. The minimum Gasteiger partial charge on any atom is -0.493 e. The number of aromatic carboxylic acids is 1. The van der Waals surface area contributed by atoms with Crippen LogP contribution < -0.4 is 19.8 Å². The lowest BCUT2D eigenvalue weighted by atomic mass is 9.89. The molecule has 0 bridgehead atoms. The van der Waals surface area contributed by atoms with Gasteiger partial charge in [-0.3, -0.25) is 4.79 Å². The van der Waals surface area contributed by atoms with E-state index < -0.39 is 17.6 Å². The van der Waals surface area contributed by atoms with Crippen LogP contribution in [0.2, 0.25) is 0 Å². The van der Waals surface area contributed by atoms with Crippen molar-refractivity contribution in [2.24, 2.45) is 5.92 Å². The molecule has 31 heavy (non-hydrogen) atoms. The Morgan fingerprint density at radius 1 is 1.19 bits per heavy atom. The zero-order chi connectivity index (χ0) is 22.3. The van der Waals surface area contributed by atoms with Gasteiger partial charge in [0.2, 0.25) is 0 Å². The van der Waals surface area contributed by atoms with E-state index in [2.05, 4.69) is 0 Å². The van der Waals surface area contributed by atoms with Gasteiger partial charge >= 0.3 is 5.97 Å². The van der Waals surface area contributed by atoms with E-state index in [-0.39, 0.29) is 17.5 Å².